The maximum atomic E-state index is 12.9. The maximum Gasteiger partial charge on any atom is 0.243 e. The minimum absolute atomic E-state index is 0.227. The van der Waals surface area contributed by atoms with Crippen LogP contribution in [0.25, 0.3) is 0 Å². The predicted molar refractivity (Wildman–Crippen MR) is 104 cm³/mol. The van der Waals surface area contributed by atoms with Crippen molar-refractivity contribution in [1.82, 2.24) is 14.3 Å². The smallest absolute Gasteiger partial charge is 0.243 e. The molecule has 0 amide bonds. The molecule has 8 nitrogen and oxygen atoms in total. The van der Waals surface area contributed by atoms with Crippen LogP contribution in [0.2, 0.25) is 0 Å². The molecule has 0 aliphatic carbocycles. The molecule has 0 spiro atoms. The van der Waals surface area contributed by atoms with Crippen molar-refractivity contribution in [3.63, 3.8) is 0 Å². The summed E-state index contributed by atoms with van der Waals surface area (Å²) in [6, 6.07) is 8.27. The lowest BCUT2D eigenvalue weighted by atomic mass is 10.3. The lowest BCUT2D eigenvalue weighted by Crippen LogP contribution is -2.31. The molecule has 28 heavy (non-hydrogen) atoms. The highest BCUT2D eigenvalue weighted by atomic mass is 32.2. The lowest BCUT2D eigenvalue weighted by Gasteiger charge is -2.19. The van der Waals surface area contributed by atoms with Crippen LogP contribution in [0.4, 0.5) is 5.82 Å². The van der Waals surface area contributed by atoms with Crippen molar-refractivity contribution in [1.29, 1.82) is 0 Å². The lowest BCUT2D eigenvalue weighted by molar-refractivity contribution is 0.206. The molecule has 2 aliphatic rings. The van der Waals surface area contributed by atoms with Gasteiger partial charge in [0, 0.05) is 25.7 Å². The van der Waals surface area contributed by atoms with Crippen LogP contribution < -0.4 is 14.4 Å². The van der Waals surface area contributed by atoms with Crippen LogP contribution >= 0.6 is 0 Å². The second kappa shape index (κ2) is 7.92. The molecule has 2 saturated heterocycles. The van der Waals surface area contributed by atoms with Crippen LogP contribution in [0.5, 0.6) is 11.6 Å². The third kappa shape index (κ3) is 3.90. The summed E-state index contributed by atoms with van der Waals surface area (Å²) in [7, 11) is -2.00. The average Bonchev–Trinajstić information content (AvgIpc) is 3.41. The minimum atomic E-state index is -3.55. The number of anilines is 1. The van der Waals surface area contributed by atoms with E-state index in [2.05, 4.69) is 14.9 Å². The average molecular weight is 404 g/mol. The van der Waals surface area contributed by atoms with Crippen LogP contribution in [-0.4, -0.2) is 62.1 Å². The summed E-state index contributed by atoms with van der Waals surface area (Å²) in [6.45, 7) is 2.71. The van der Waals surface area contributed by atoms with Gasteiger partial charge in [0.2, 0.25) is 15.9 Å². The molecule has 1 atom stereocenters. The van der Waals surface area contributed by atoms with E-state index in [1.807, 2.05) is 6.07 Å². The Labute approximate surface area is 165 Å². The fourth-order valence-electron chi connectivity index (χ4n) is 3.59. The van der Waals surface area contributed by atoms with Crippen molar-refractivity contribution >= 4 is 15.8 Å². The van der Waals surface area contributed by atoms with Gasteiger partial charge < -0.3 is 14.4 Å². The van der Waals surface area contributed by atoms with E-state index in [9.17, 15) is 8.42 Å². The van der Waals surface area contributed by atoms with E-state index in [4.69, 9.17) is 9.47 Å². The Bertz CT molecular complexity index is 914. The number of rotatable bonds is 6. The van der Waals surface area contributed by atoms with Gasteiger partial charge in [0.25, 0.3) is 0 Å². The van der Waals surface area contributed by atoms with Crippen LogP contribution in [0.1, 0.15) is 19.3 Å². The van der Waals surface area contributed by atoms with Crippen LogP contribution in [-0.2, 0) is 10.0 Å². The number of benzene rings is 1. The van der Waals surface area contributed by atoms with Crippen molar-refractivity contribution in [2.45, 2.75) is 30.3 Å². The second-order valence-electron chi connectivity index (χ2n) is 6.98. The van der Waals surface area contributed by atoms with Gasteiger partial charge in [0.1, 0.15) is 24.0 Å². The van der Waals surface area contributed by atoms with E-state index in [-0.39, 0.29) is 11.0 Å². The Balaban J connectivity index is 1.41. The molecule has 1 unspecified atom stereocenters. The third-order valence-electron chi connectivity index (χ3n) is 5.15. The SMILES string of the molecule is COc1ccc(S(=O)(=O)N2CCC(Oc3cc(N4CCCC4)ncn3)C2)cc1. The first-order valence-corrected chi connectivity index (χ1v) is 10.9. The molecule has 3 heterocycles. The third-order valence-corrected chi connectivity index (χ3v) is 7.03. The number of methoxy groups -OCH3 is 1. The molecule has 1 aromatic heterocycles. The van der Waals surface area contributed by atoms with E-state index in [0.717, 1.165) is 18.9 Å². The Hall–Kier alpha value is -2.39. The number of aromatic nitrogens is 2. The molecule has 2 aliphatic heterocycles. The monoisotopic (exact) mass is 404 g/mol. The molecular formula is C19H24N4O4S. The Morgan fingerprint density at radius 1 is 1.07 bits per heavy atom. The second-order valence-corrected chi connectivity index (χ2v) is 8.91. The van der Waals surface area contributed by atoms with Gasteiger partial charge >= 0.3 is 0 Å². The first kappa shape index (κ1) is 18.9. The number of sulfonamides is 1. The molecular weight excluding hydrogens is 380 g/mol. The van der Waals surface area contributed by atoms with Crippen molar-refractivity contribution in [3.8, 4) is 11.6 Å². The zero-order chi connectivity index (χ0) is 19.6. The summed E-state index contributed by atoms with van der Waals surface area (Å²) >= 11 is 0. The van der Waals surface area contributed by atoms with E-state index < -0.39 is 10.0 Å². The zero-order valence-electron chi connectivity index (χ0n) is 15.8. The predicted octanol–water partition coefficient (Wildman–Crippen LogP) is 1.93. The van der Waals surface area contributed by atoms with Gasteiger partial charge in [-0.3, -0.25) is 0 Å². The quantitative estimate of drug-likeness (QED) is 0.727. The zero-order valence-corrected chi connectivity index (χ0v) is 16.6. The minimum Gasteiger partial charge on any atom is -0.497 e. The fourth-order valence-corrected chi connectivity index (χ4v) is 5.08. The van der Waals surface area contributed by atoms with Crippen molar-refractivity contribution < 1.29 is 17.9 Å². The summed E-state index contributed by atoms with van der Waals surface area (Å²) in [4.78, 5) is 11.0. The van der Waals surface area contributed by atoms with Gasteiger partial charge in [0.05, 0.1) is 18.6 Å². The molecule has 4 rings (SSSR count). The Kier molecular flexibility index (Phi) is 5.36. The molecule has 0 radical (unpaired) electrons. The van der Waals surface area contributed by atoms with Gasteiger partial charge in [-0.2, -0.15) is 4.31 Å². The number of hydrogen-bond donors (Lipinski definition) is 0. The van der Waals surface area contributed by atoms with Crippen LogP contribution in [0.15, 0.2) is 41.6 Å². The van der Waals surface area contributed by atoms with E-state index in [1.165, 1.54) is 23.5 Å². The molecule has 9 heteroatoms. The van der Waals surface area contributed by atoms with Gasteiger partial charge in [-0.15, -0.1) is 0 Å². The standard InChI is InChI=1S/C19H24N4O4S/c1-26-15-4-6-17(7-5-15)28(24,25)23-11-8-16(13-23)27-19-12-18(20-14-21-19)22-9-2-3-10-22/h4-7,12,14,16H,2-3,8-11,13H2,1H3. The van der Waals surface area contributed by atoms with Crippen LogP contribution in [0.3, 0.4) is 0 Å². The van der Waals surface area contributed by atoms with Crippen molar-refractivity contribution in [3.05, 3.63) is 36.7 Å². The molecule has 150 valence electrons. The van der Waals surface area contributed by atoms with E-state index >= 15 is 0 Å². The highest BCUT2D eigenvalue weighted by Gasteiger charge is 2.34. The van der Waals surface area contributed by atoms with Gasteiger partial charge in [-0.05, 0) is 43.5 Å². The Morgan fingerprint density at radius 3 is 2.54 bits per heavy atom. The van der Waals surface area contributed by atoms with Gasteiger partial charge in [-0.25, -0.2) is 18.4 Å². The highest BCUT2D eigenvalue weighted by Crippen LogP contribution is 2.26. The summed E-state index contributed by atoms with van der Waals surface area (Å²) in [5, 5.41) is 0. The molecule has 0 saturated carbocycles. The van der Waals surface area contributed by atoms with Gasteiger partial charge in [-0.1, -0.05) is 0 Å². The van der Waals surface area contributed by atoms with E-state index in [0.29, 0.717) is 31.1 Å². The number of nitrogens with zero attached hydrogens (tertiary/aromatic N) is 4. The summed E-state index contributed by atoms with van der Waals surface area (Å²) in [6.07, 6.45) is 4.24. The first-order chi connectivity index (χ1) is 13.6. The van der Waals surface area contributed by atoms with E-state index in [1.54, 1.807) is 31.4 Å². The van der Waals surface area contributed by atoms with Crippen molar-refractivity contribution in [2.75, 3.05) is 38.2 Å². The van der Waals surface area contributed by atoms with Gasteiger partial charge in [0.15, 0.2) is 0 Å². The van der Waals surface area contributed by atoms with Crippen LogP contribution in [0, 0.1) is 0 Å². The summed E-state index contributed by atoms with van der Waals surface area (Å²) in [5.41, 5.74) is 0. The largest absolute Gasteiger partial charge is 0.497 e. The normalized spacial score (nSPS) is 20.5. The molecule has 1 aromatic carbocycles. The molecule has 0 N–H and O–H groups in total. The Morgan fingerprint density at radius 2 is 1.82 bits per heavy atom. The first-order valence-electron chi connectivity index (χ1n) is 9.44. The molecule has 2 aromatic rings. The summed E-state index contributed by atoms with van der Waals surface area (Å²) < 4.78 is 38.2. The van der Waals surface area contributed by atoms with Crippen molar-refractivity contribution in [2.24, 2.45) is 0 Å². The highest BCUT2D eigenvalue weighted by molar-refractivity contribution is 7.89. The maximum absolute atomic E-state index is 12.9. The number of ether oxygens (including phenoxy) is 2. The fraction of sp³-hybridized carbons (Fsp3) is 0.474. The number of hydrogen-bond acceptors (Lipinski definition) is 7. The topological polar surface area (TPSA) is 84.9 Å². The molecule has 2 fully saturated rings. The molecule has 0 bridgehead atoms. The summed E-state index contributed by atoms with van der Waals surface area (Å²) in [5.74, 6) is 1.98.